The summed E-state index contributed by atoms with van der Waals surface area (Å²) in [5.41, 5.74) is 4.68. The van der Waals surface area contributed by atoms with Crippen molar-refractivity contribution in [3.05, 3.63) is 142 Å². The summed E-state index contributed by atoms with van der Waals surface area (Å²) < 4.78 is 28.7. The van der Waals surface area contributed by atoms with E-state index in [1.165, 1.54) is 0 Å². The van der Waals surface area contributed by atoms with E-state index in [0.717, 1.165) is 33.3 Å². The number of carboxylic acids is 1. The predicted molar refractivity (Wildman–Crippen MR) is 171 cm³/mol. The van der Waals surface area contributed by atoms with Gasteiger partial charge >= 0.3 is 5.97 Å². The highest BCUT2D eigenvalue weighted by Gasteiger charge is 2.19. The molecular weight excluding hydrogens is 588 g/mol. The summed E-state index contributed by atoms with van der Waals surface area (Å²) in [4.78, 5) is 16.1. The second-order valence-corrected chi connectivity index (χ2v) is 12.9. The molecule has 5 rings (SSSR count). The first-order valence-corrected chi connectivity index (χ1v) is 16.0. The van der Waals surface area contributed by atoms with Crippen molar-refractivity contribution in [3.63, 3.8) is 0 Å². The molecule has 6 nitrogen and oxygen atoms in total. The van der Waals surface area contributed by atoms with E-state index in [0.29, 0.717) is 10.8 Å². The van der Waals surface area contributed by atoms with E-state index >= 15 is 0 Å². The largest absolute Gasteiger partial charge is 0.478 e. The fourth-order valence-corrected chi connectivity index (χ4v) is 6.79. The molecule has 1 heterocycles. The Morgan fingerprint density at radius 3 is 2.43 bits per heavy atom. The molecule has 0 amide bonds. The number of nitrogens with one attached hydrogen (secondary N) is 1. The van der Waals surface area contributed by atoms with Crippen LogP contribution in [0.5, 0.6) is 0 Å². The lowest BCUT2D eigenvalue weighted by atomic mass is 10.1. The highest BCUT2D eigenvalue weighted by Crippen LogP contribution is 2.32. The first kappa shape index (κ1) is 29.5. The SMILES string of the molecule is O=C(O)c1ccc(CSC(CNS(=O)(=O)c2ccccc2)c2cccc(/C=C/c3ccc4ccc(Cl)cc4n3)c2)cc1. The smallest absolute Gasteiger partial charge is 0.335 e. The molecule has 1 unspecified atom stereocenters. The van der Waals surface area contributed by atoms with Gasteiger partial charge in [-0.3, -0.25) is 0 Å². The topological polar surface area (TPSA) is 96.4 Å². The van der Waals surface area contributed by atoms with Crippen molar-refractivity contribution in [2.75, 3.05) is 6.54 Å². The van der Waals surface area contributed by atoms with E-state index in [4.69, 9.17) is 11.6 Å². The van der Waals surface area contributed by atoms with Crippen LogP contribution < -0.4 is 4.72 Å². The first-order chi connectivity index (χ1) is 20.3. The van der Waals surface area contributed by atoms with Gasteiger partial charge in [-0.15, -0.1) is 11.8 Å². The van der Waals surface area contributed by atoms with Gasteiger partial charge in [0.25, 0.3) is 0 Å². The Morgan fingerprint density at radius 2 is 1.67 bits per heavy atom. The van der Waals surface area contributed by atoms with Gasteiger partial charge in [0.05, 0.1) is 21.7 Å². The molecule has 0 bridgehead atoms. The lowest BCUT2D eigenvalue weighted by Crippen LogP contribution is -2.27. The number of aromatic carboxylic acids is 1. The molecule has 0 spiro atoms. The number of fused-ring (bicyclic) bond motifs is 1. The normalized spacial score (nSPS) is 12.5. The van der Waals surface area contributed by atoms with Crippen molar-refractivity contribution < 1.29 is 18.3 Å². The van der Waals surface area contributed by atoms with E-state index < -0.39 is 16.0 Å². The van der Waals surface area contributed by atoms with E-state index in [9.17, 15) is 18.3 Å². The number of halogens is 1. The number of carboxylic acid groups (broad SMARTS) is 1. The van der Waals surface area contributed by atoms with Gasteiger partial charge in [0, 0.05) is 28.0 Å². The third-order valence-corrected chi connectivity index (χ3v) is 9.58. The summed E-state index contributed by atoms with van der Waals surface area (Å²) in [7, 11) is -3.70. The molecule has 212 valence electrons. The first-order valence-electron chi connectivity index (χ1n) is 13.1. The molecule has 1 aromatic heterocycles. The molecule has 0 saturated carbocycles. The number of hydrogen-bond donors (Lipinski definition) is 2. The molecule has 0 saturated heterocycles. The maximum Gasteiger partial charge on any atom is 0.335 e. The minimum Gasteiger partial charge on any atom is -0.478 e. The molecule has 0 radical (unpaired) electrons. The molecular formula is C33H27ClN2O4S2. The van der Waals surface area contributed by atoms with Crippen molar-refractivity contribution in [2.45, 2.75) is 15.9 Å². The molecule has 5 aromatic rings. The summed E-state index contributed by atoms with van der Waals surface area (Å²) in [5, 5.41) is 10.6. The molecule has 0 aliphatic carbocycles. The van der Waals surface area contributed by atoms with Crippen LogP contribution in [0.2, 0.25) is 5.02 Å². The molecule has 0 aliphatic rings. The second kappa shape index (κ2) is 13.4. The van der Waals surface area contributed by atoms with Crippen LogP contribution in [0, 0.1) is 0 Å². The maximum absolute atomic E-state index is 13.0. The molecule has 0 aliphatic heterocycles. The minimum absolute atomic E-state index is 0.176. The van der Waals surface area contributed by atoms with Crippen molar-refractivity contribution in [1.29, 1.82) is 0 Å². The Bertz CT molecular complexity index is 1840. The van der Waals surface area contributed by atoms with Crippen molar-refractivity contribution >= 4 is 62.4 Å². The number of thioether (sulfide) groups is 1. The lowest BCUT2D eigenvalue weighted by molar-refractivity contribution is 0.0697. The molecule has 2 N–H and O–H groups in total. The van der Waals surface area contributed by atoms with Gasteiger partial charge in [-0.1, -0.05) is 84.4 Å². The summed E-state index contributed by atoms with van der Waals surface area (Å²) in [6.07, 6.45) is 3.91. The van der Waals surface area contributed by atoms with Gasteiger partial charge in [-0.25, -0.2) is 22.9 Å². The monoisotopic (exact) mass is 614 g/mol. The lowest BCUT2D eigenvalue weighted by Gasteiger charge is -2.19. The van der Waals surface area contributed by atoms with Gasteiger partial charge < -0.3 is 5.11 Å². The van der Waals surface area contributed by atoms with Crippen molar-refractivity contribution in [2.24, 2.45) is 0 Å². The van der Waals surface area contributed by atoms with Crippen molar-refractivity contribution in [1.82, 2.24) is 9.71 Å². The van der Waals surface area contributed by atoms with Gasteiger partial charge in [0.2, 0.25) is 10.0 Å². The van der Waals surface area contributed by atoms with Crippen LogP contribution in [0.1, 0.15) is 38.0 Å². The van der Waals surface area contributed by atoms with Gasteiger partial charge in [-0.2, -0.15) is 0 Å². The standard InChI is InChI=1S/C33H27ClN2O4S2/c34-28-16-14-25-15-18-29(36-31(25)20-28)17-11-23-5-4-6-27(19-23)32(21-35-42(39,40)30-7-2-1-3-8-30)41-22-24-9-12-26(13-10-24)33(37)38/h1-20,32,35H,21-22H2,(H,37,38)/b17-11+. The zero-order chi connectivity index (χ0) is 29.5. The van der Waals surface area contributed by atoms with Gasteiger partial charge in [0.1, 0.15) is 0 Å². The van der Waals surface area contributed by atoms with Crippen molar-refractivity contribution in [3.8, 4) is 0 Å². The number of aromatic nitrogens is 1. The van der Waals surface area contributed by atoms with Crippen LogP contribution in [-0.2, 0) is 15.8 Å². The van der Waals surface area contributed by atoms with Gasteiger partial charge in [0.15, 0.2) is 0 Å². The van der Waals surface area contributed by atoms with Crippen LogP contribution in [-0.4, -0.2) is 31.0 Å². The van der Waals surface area contributed by atoms with Crippen LogP contribution in [0.25, 0.3) is 23.1 Å². The number of benzene rings is 4. The van der Waals surface area contributed by atoms with Crippen LogP contribution in [0.3, 0.4) is 0 Å². The number of pyridine rings is 1. The number of hydrogen-bond acceptors (Lipinski definition) is 5. The number of carbonyl (C=O) groups is 1. The Labute approximate surface area is 254 Å². The quantitative estimate of drug-likeness (QED) is 0.158. The van der Waals surface area contributed by atoms with Gasteiger partial charge in [-0.05, 0) is 65.2 Å². The van der Waals surface area contributed by atoms with Crippen LogP contribution >= 0.6 is 23.4 Å². The number of nitrogens with zero attached hydrogens (tertiary/aromatic N) is 1. The zero-order valence-corrected chi connectivity index (χ0v) is 24.7. The average molecular weight is 615 g/mol. The van der Waals surface area contributed by atoms with E-state index in [2.05, 4.69) is 9.71 Å². The summed E-state index contributed by atoms with van der Waals surface area (Å²) in [5.74, 6) is -0.406. The zero-order valence-electron chi connectivity index (χ0n) is 22.4. The maximum atomic E-state index is 13.0. The summed E-state index contributed by atoms with van der Waals surface area (Å²) >= 11 is 7.72. The molecule has 0 fully saturated rings. The Hall–Kier alpha value is -3.95. The second-order valence-electron chi connectivity index (χ2n) is 9.54. The molecule has 9 heteroatoms. The summed E-state index contributed by atoms with van der Waals surface area (Å²) in [6, 6.07) is 32.5. The minimum atomic E-state index is -3.70. The highest BCUT2D eigenvalue weighted by atomic mass is 35.5. The van der Waals surface area contributed by atoms with E-state index in [1.807, 2.05) is 66.7 Å². The average Bonchev–Trinajstić information content (AvgIpc) is 3.00. The van der Waals surface area contributed by atoms with E-state index in [-0.39, 0.29) is 22.3 Å². The Kier molecular flexibility index (Phi) is 9.39. The predicted octanol–water partition coefficient (Wildman–Crippen LogP) is 7.71. The summed E-state index contributed by atoms with van der Waals surface area (Å²) in [6.45, 7) is 0.176. The Balaban J connectivity index is 1.37. The van der Waals surface area contributed by atoms with Crippen LogP contribution in [0.15, 0.2) is 114 Å². The molecule has 1 atom stereocenters. The molecule has 42 heavy (non-hydrogen) atoms. The number of sulfonamides is 1. The third-order valence-electron chi connectivity index (χ3n) is 6.57. The fourth-order valence-electron chi connectivity index (χ4n) is 4.33. The molecule has 4 aromatic carbocycles. The fraction of sp³-hybridized carbons (Fsp3) is 0.0909. The third kappa shape index (κ3) is 7.66. The number of rotatable bonds is 11. The highest BCUT2D eigenvalue weighted by molar-refractivity contribution is 7.98. The Morgan fingerprint density at radius 1 is 0.905 bits per heavy atom. The van der Waals surface area contributed by atoms with E-state index in [1.54, 1.807) is 66.4 Å². The van der Waals surface area contributed by atoms with Crippen LogP contribution in [0.4, 0.5) is 0 Å².